The first-order chi connectivity index (χ1) is 31.0. The molecule has 0 radical (unpaired) electrons. The summed E-state index contributed by atoms with van der Waals surface area (Å²) >= 11 is 0. The average Bonchev–Trinajstić information content (AvgIpc) is 3.28. The topological polar surface area (TPSA) is 78.9 Å². The van der Waals surface area contributed by atoms with Crippen molar-refractivity contribution in [3.63, 3.8) is 0 Å². The molecule has 0 N–H and O–H groups in total. The fourth-order valence-electron chi connectivity index (χ4n) is 7.93. The lowest BCUT2D eigenvalue weighted by Crippen LogP contribution is -2.30. The zero-order chi connectivity index (χ0) is 45.8. The van der Waals surface area contributed by atoms with E-state index in [9.17, 15) is 14.4 Å². The van der Waals surface area contributed by atoms with Crippen LogP contribution in [0.4, 0.5) is 0 Å². The molecule has 0 aromatic carbocycles. The van der Waals surface area contributed by atoms with Crippen LogP contribution in [-0.4, -0.2) is 37.2 Å². The van der Waals surface area contributed by atoms with Gasteiger partial charge in [-0.2, -0.15) is 0 Å². The number of rotatable bonds is 50. The van der Waals surface area contributed by atoms with Crippen LogP contribution in [0.25, 0.3) is 0 Å². The normalized spacial score (nSPS) is 12.2. The third kappa shape index (κ3) is 50.5. The molecule has 0 aliphatic rings. The lowest BCUT2D eigenvalue weighted by molar-refractivity contribution is -0.167. The van der Waals surface area contributed by atoms with Crippen LogP contribution >= 0.6 is 0 Å². The Labute approximate surface area is 391 Å². The Balaban J connectivity index is 4.30. The number of ether oxygens (including phenoxy) is 3. The van der Waals surface area contributed by atoms with Gasteiger partial charge >= 0.3 is 17.9 Å². The van der Waals surface area contributed by atoms with E-state index in [2.05, 4.69) is 57.2 Å². The molecule has 0 aliphatic carbocycles. The van der Waals surface area contributed by atoms with Crippen molar-refractivity contribution in [2.75, 3.05) is 13.2 Å². The predicted octanol–water partition coefficient (Wildman–Crippen LogP) is 18.1. The Bertz CT molecular complexity index is 1060. The highest BCUT2D eigenvalue weighted by Gasteiger charge is 2.19. The minimum absolute atomic E-state index is 0.0758. The molecule has 0 heterocycles. The molecule has 6 heteroatoms. The van der Waals surface area contributed by atoms with Crippen LogP contribution in [0.3, 0.4) is 0 Å². The Morgan fingerprint density at radius 3 is 0.968 bits per heavy atom. The summed E-state index contributed by atoms with van der Waals surface area (Å²) in [4.78, 5) is 38.0. The second-order valence-electron chi connectivity index (χ2n) is 18.5. The standard InChI is InChI=1S/C57H104O6/c1-4-7-10-13-16-19-22-24-26-28-30-31-33-35-38-41-44-47-50-56(59)62-53-54(52-61-55(58)49-46-43-40-37-21-18-15-12-9-6-3)63-57(60)51-48-45-42-39-36-34-32-29-27-25-23-20-17-14-11-8-5-2/h15,17-18,20,25,27,54H,4-14,16,19,21-24,26,28-53H2,1-3H3/b18-15-,20-17-,27-25-. The van der Waals surface area contributed by atoms with E-state index in [-0.39, 0.29) is 31.1 Å². The van der Waals surface area contributed by atoms with Gasteiger partial charge in [0, 0.05) is 19.3 Å². The van der Waals surface area contributed by atoms with Gasteiger partial charge in [0.2, 0.25) is 0 Å². The molecule has 0 aromatic heterocycles. The van der Waals surface area contributed by atoms with E-state index in [1.807, 2.05) is 0 Å². The van der Waals surface area contributed by atoms with Crippen molar-refractivity contribution in [2.45, 2.75) is 297 Å². The lowest BCUT2D eigenvalue weighted by atomic mass is 10.0. The number of allylic oxidation sites excluding steroid dienone is 6. The van der Waals surface area contributed by atoms with Gasteiger partial charge in [-0.25, -0.2) is 0 Å². The maximum atomic E-state index is 12.8. The minimum Gasteiger partial charge on any atom is -0.462 e. The highest BCUT2D eigenvalue weighted by Crippen LogP contribution is 2.16. The van der Waals surface area contributed by atoms with Gasteiger partial charge in [0.05, 0.1) is 0 Å². The summed E-state index contributed by atoms with van der Waals surface area (Å²) in [5, 5.41) is 0. The maximum absolute atomic E-state index is 12.8. The zero-order valence-corrected chi connectivity index (χ0v) is 42.1. The van der Waals surface area contributed by atoms with Crippen molar-refractivity contribution in [1.82, 2.24) is 0 Å². The van der Waals surface area contributed by atoms with Gasteiger partial charge in [-0.05, 0) is 70.6 Å². The van der Waals surface area contributed by atoms with Crippen LogP contribution in [-0.2, 0) is 28.6 Å². The first-order valence-electron chi connectivity index (χ1n) is 27.5. The molecule has 63 heavy (non-hydrogen) atoms. The summed E-state index contributed by atoms with van der Waals surface area (Å²) in [6.07, 6.45) is 61.3. The van der Waals surface area contributed by atoms with E-state index in [0.29, 0.717) is 19.3 Å². The Morgan fingerprint density at radius 1 is 0.317 bits per heavy atom. The SMILES string of the molecule is CCCC/C=C\CCCCCCC(=O)OCC(COC(=O)CCCCCCCCCCCCCCCCCCCC)OC(=O)CCCCCCCCC/C=C\C/C=C\CCCCC. The number of esters is 3. The molecule has 0 rings (SSSR count). The van der Waals surface area contributed by atoms with E-state index in [4.69, 9.17) is 14.2 Å². The summed E-state index contributed by atoms with van der Waals surface area (Å²) in [6, 6.07) is 0. The Hall–Kier alpha value is -2.37. The van der Waals surface area contributed by atoms with E-state index in [1.54, 1.807) is 0 Å². The summed E-state index contributed by atoms with van der Waals surface area (Å²) < 4.78 is 16.8. The van der Waals surface area contributed by atoms with Crippen LogP contribution in [0.1, 0.15) is 290 Å². The quantitative estimate of drug-likeness (QED) is 0.0262. The predicted molar refractivity (Wildman–Crippen MR) is 270 cm³/mol. The molecule has 0 spiro atoms. The molecule has 0 aliphatic heterocycles. The average molecular weight is 885 g/mol. The third-order valence-corrected chi connectivity index (χ3v) is 12.1. The maximum Gasteiger partial charge on any atom is 0.306 e. The zero-order valence-electron chi connectivity index (χ0n) is 42.1. The first-order valence-corrected chi connectivity index (χ1v) is 27.5. The number of hydrogen-bond donors (Lipinski definition) is 0. The highest BCUT2D eigenvalue weighted by molar-refractivity contribution is 5.71. The Morgan fingerprint density at radius 2 is 0.587 bits per heavy atom. The minimum atomic E-state index is -0.777. The molecule has 1 unspecified atom stereocenters. The smallest absolute Gasteiger partial charge is 0.306 e. The summed E-state index contributed by atoms with van der Waals surface area (Å²) in [6.45, 7) is 6.59. The van der Waals surface area contributed by atoms with E-state index >= 15 is 0 Å². The molecule has 0 saturated heterocycles. The second kappa shape index (κ2) is 52.3. The van der Waals surface area contributed by atoms with Crippen LogP contribution in [0.5, 0.6) is 0 Å². The number of carbonyl (C=O) groups excluding carboxylic acids is 3. The summed E-state index contributed by atoms with van der Waals surface area (Å²) in [5.74, 6) is -0.885. The Kier molecular flexibility index (Phi) is 50.3. The van der Waals surface area contributed by atoms with Crippen molar-refractivity contribution < 1.29 is 28.6 Å². The fraction of sp³-hybridized carbons (Fsp3) is 0.842. The van der Waals surface area contributed by atoms with Crippen LogP contribution in [0.2, 0.25) is 0 Å². The van der Waals surface area contributed by atoms with Gasteiger partial charge in [-0.15, -0.1) is 0 Å². The summed E-state index contributed by atoms with van der Waals surface area (Å²) in [7, 11) is 0. The molecule has 0 saturated carbocycles. The monoisotopic (exact) mass is 885 g/mol. The molecule has 0 fully saturated rings. The van der Waals surface area contributed by atoms with Crippen molar-refractivity contribution in [3.8, 4) is 0 Å². The molecule has 0 amide bonds. The lowest BCUT2D eigenvalue weighted by Gasteiger charge is -2.18. The highest BCUT2D eigenvalue weighted by atomic mass is 16.6. The first kappa shape index (κ1) is 60.6. The third-order valence-electron chi connectivity index (χ3n) is 12.1. The van der Waals surface area contributed by atoms with Gasteiger partial charge in [0.15, 0.2) is 6.10 Å². The van der Waals surface area contributed by atoms with Crippen molar-refractivity contribution in [3.05, 3.63) is 36.5 Å². The molecule has 6 nitrogen and oxygen atoms in total. The molecular formula is C57H104O6. The second-order valence-corrected chi connectivity index (χ2v) is 18.5. The molecule has 1 atom stereocenters. The van der Waals surface area contributed by atoms with Crippen molar-refractivity contribution in [1.29, 1.82) is 0 Å². The van der Waals surface area contributed by atoms with Gasteiger partial charge in [-0.3, -0.25) is 14.4 Å². The largest absolute Gasteiger partial charge is 0.462 e. The molecular weight excluding hydrogens is 781 g/mol. The number of hydrogen-bond acceptors (Lipinski definition) is 6. The van der Waals surface area contributed by atoms with Crippen LogP contribution in [0, 0.1) is 0 Å². The summed E-state index contributed by atoms with van der Waals surface area (Å²) in [5.41, 5.74) is 0. The van der Waals surface area contributed by atoms with Gasteiger partial charge < -0.3 is 14.2 Å². The number of carbonyl (C=O) groups is 3. The van der Waals surface area contributed by atoms with Gasteiger partial charge in [0.1, 0.15) is 13.2 Å². The van der Waals surface area contributed by atoms with Gasteiger partial charge in [0.25, 0.3) is 0 Å². The molecule has 0 aromatic rings. The molecule has 368 valence electrons. The van der Waals surface area contributed by atoms with Crippen molar-refractivity contribution >= 4 is 17.9 Å². The van der Waals surface area contributed by atoms with E-state index < -0.39 is 6.10 Å². The van der Waals surface area contributed by atoms with Crippen LogP contribution < -0.4 is 0 Å². The van der Waals surface area contributed by atoms with E-state index in [0.717, 1.165) is 89.9 Å². The van der Waals surface area contributed by atoms with E-state index in [1.165, 1.54) is 161 Å². The van der Waals surface area contributed by atoms with Gasteiger partial charge in [-0.1, -0.05) is 237 Å². The number of unbranched alkanes of at least 4 members (excludes halogenated alkanes) is 33. The van der Waals surface area contributed by atoms with Crippen molar-refractivity contribution in [2.24, 2.45) is 0 Å². The fourth-order valence-corrected chi connectivity index (χ4v) is 7.93. The van der Waals surface area contributed by atoms with Crippen LogP contribution in [0.15, 0.2) is 36.5 Å². The molecule has 0 bridgehead atoms.